The number of nitrogens with one attached hydrogen (secondary N) is 1. The summed E-state index contributed by atoms with van der Waals surface area (Å²) in [6.45, 7) is 3.48. The highest BCUT2D eigenvalue weighted by Crippen LogP contribution is 2.33. The minimum Gasteiger partial charge on any atom is -0.481 e. The van der Waals surface area contributed by atoms with Crippen molar-refractivity contribution in [1.29, 1.82) is 0 Å². The topological polar surface area (TPSA) is 143 Å². The van der Waals surface area contributed by atoms with Crippen molar-refractivity contribution in [3.05, 3.63) is 58.6 Å². The number of rotatable bonds is 7. The summed E-state index contributed by atoms with van der Waals surface area (Å²) >= 11 is 6.00. The van der Waals surface area contributed by atoms with Crippen molar-refractivity contribution >= 4 is 51.0 Å². The van der Waals surface area contributed by atoms with E-state index in [1.165, 1.54) is 16.1 Å². The lowest BCUT2D eigenvalue weighted by atomic mass is 10.0. The third-order valence-corrected chi connectivity index (χ3v) is 8.05. The van der Waals surface area contributed by atoms with Crippen LogP contribution in [0.2, 0.25) is 5.02 Å². The number of carboxylic acids is 1. The first-order chi connectivity index (χ1) is 17.4. The van der Waals surface area contributed by atoms with Crippen molar-refractivity contribution in [3.63, 3.8) is 0 Å². The van der Waals surface area contributed by atoms with E-state index in [9.17, 15) is 28.2 Å². The molecule has 1 fully saturated rings. The molecule has 13 heteroatoms. The molecule has 11 nitrogen and oxygen atoms in total. The lowest BCUT2D eigenvalue weighted by Gasteiger charge is -2.45. The van der Waals surface area contributed by atoms with Gasteiger partial charge in [-0.15, -0.1) is 0 Å². The van der Waals surface area contributed by atoms with Gasteiger partial charge in [0, 0.05) is 17.6 Å². The molecular weight excluding hydrogens is 522 g/mol. The highest BCUT2D eigenvalue weighted by Gasteiger charge is 2.41. The highest BCUT2D eigenvalue weighted by atomic mass is 35.5. The van der Waals surface area contributed by atoms with Crippen LogP contribution in [-0.2, 0) is 27.8 Å². The summed E-state index contributed by atoms with van der Waals surface area (Å²) in [7, 11) is -3.40. The largest absolute Gasteiger partial charge is 0.481 e. The number of carbonyl (C=O) groups excluding carboxylic acids is 1. The van der Waals surface area contributed by atoms with Gasteiger partial charge in [-0.25, -0.2) is 18.2 Å². The Kier molecular flexibility index (Phi) is 7.36. The Hall–Kier alpha value is -3.35. The molecule has 2 aliphatic heterocycles. The first-order valence-electron chi connectivity index (χ1n) is 11.6. The Labute approximate surface area is 220 Å². The zero-order chi connectivity index (χ0) is 27.1. The fraction of sp³-hybridized carbons (Fsp3) is 0.375. The summed E-state index contributed by atoms with van der Waals surface area (Å²) in [4.78, 5) is 31.7. The molecule has 198 valence electrons. The van der Waals surface area contributed by atoms with Crippen LogP contribution in [0.15, 0.2) is 47.5 Å². The highest BCUT2D eigenvalue weighted by molar-refractivity contribution is 7.92. The molecule has 37 heavy (non-hydrogen) atoms. The molecule has 0 radical (unpaired) electrons. The number of aliphatic hydroxyl groups excluding tert-OH is 1. The number of anilines is 1. The van der Waals surface area contributed by atoms with Gasteiger partial charge in [0.1, 0.15) is 0 Å². The Morgan fingerprint density at radius 1 is 1.22 bits per heavy atom. The number of aliphatic imine (C=N–C) groups is 1. The normalized spacial score (nSPS) is 20.6. The van der Waals surface area contributed by atoms with Crippen molar-refractivity contribution < 1.29 is 28.2 Å². The molecule has 2 amide bonds. The van der Waals surface area contributed by atoms with Crippen LogP contribution in [0, 0.1) is 5.92 Å². The molecule has 0 saturated carbocycles. The van der Waals surface area contributed by atoms with Gasteiger partial charge in [0.15, 0.2) is 0 Å². The molecule has 2 aromatic rings. The number of amides is 2. The van der Waals surface area contributed by atoms with Crippen molar-refractivity contribution in [2.75, 3.05) is 17.1 Å². The molecule has 0 bridgehead atoms. The molecule has 0 spiro atoms. The molecule has 3 N–H and O–H groups in total. The van der Waals surface area contributed by atoms with Gasteiger partial charge in [-0.1, -0.05) is 23.7 Å². The minimum atomic E-state index is -3.40. The fourth-order valence-corrected chi connectivity index (χ4v) is 5.45. The molecule has 2 aliphatic rings. The summed E-state index contributed by atoms with van der Waals surface area (Å²) in [6, 6.07) is 10.5. The maximum Gasteiger partial charge on any atom is 0.327 e. The molecule has 2 heterocycles. The van der Waals surface area contributed by atoms with E-state index in [0.717, 1.165) is 22.3 Å². The van der Waals surface area contributed by atoms with E-state index in [-0.39, 0.29) is 12.5 Å². The second-order valence-corrected chi connectivity index (χ2v) is 11.5. The van der Waals surface area contributed by atoms with Crippen molar-refractivity contribution in [2.24, 2.45) is 10.9 Å². The number of sulfonamides is 1. The van der Waals surface area contributed by atoms with E-state index in [1.54, 1.807) is 49.4 Å². The number of carbonyl (C=O) groups is 2. The number of benzene rings is 2. The second kappa shape index (κ2) is 10.2. The maximum atomic E-state index is 13.0. The number of aliphatic carboxylic acids is 1. The van der Waals surface area contributed by atoms with Crippen LogP contribution >= 0.6 is 11.6 Å². The standard InChI is InChI=1S/C24H28ClN5O6S/c1-14(21(31)32)15(2)30-23(33)27-22(28(24(30)34)13-16-4-6-18(25)7-5-16)26-19-8-9-20-17(12-19)10-11-29(20)37(3,35)36/h4-9,12,14-15,24,34H,10-11,13H2,1-3H3,(H,31,32)(H,26,27,33)/t14-,15+,24?/m1/s1. The lowest BCUT2D eigenvalue weighted by molar-refractivity contribution is -0.146. The molecule has 0 aromatic heterocycles. The Balaban J connectivity index is 1.70. The summed E-state index contributed by atoms with van der Waals surface area (Å²) in [6.07, 6.45) is 0.167. The number of guanidine groups is 1. The first kappa shape index (κ1) is 26.7. The van der Waals surface area contributed by atoms with Gasteiger partial charge in [-0.2, -0.15) is 0 Å². The van der Waals surface area contributed by atoms with Gasteiger partial charge in [0.2, 0.25) is 22.3 Å². The van der Waals surface area contributed by atoms with Crippen molar-refractivity contribution in [2.45, 2.75) is 39.2 Å². The van der Waals surface area contributed by atoms with E-state index in [2.05, 4.69) is 10.3 Å². The van der Waals surface area contributed by atoms with Gasteiger partial charge >= 0.3 is 12.0 Å². The average molecular weight is 550 g/mol. The van der Waals surface area contributed by atoms with E-state index in [0.29, 0.717) is 29.4 Å². The third kappa shape index (κ3) is 5.50. The summed E-state index contributed by atoms with van der Waals surface area (Å²) in [5, 5.41) is 23.9. The van der Waals surface area contributed by atoms with E-state index >= 15 is 0 Å². The van der Waals surface area contributed by atoms with Crippen LogP contribution in [0.3, 0.4) is 0 Å². The van der Waals surface area contributed by atoms with Crippen molar-refractivity contribution in [1.82, 2.24) is 15.1 Å². The summed E-state index contributed by atoms with van der Waals surface area (Å²) in [5.41, 5.74) is 2.60. The number of nitrogens with zero attached hydrogens (tertiary/aromatic N) is 4. The molecule has 3 atom stereocenters. The third-order valence-electron chi connectivity index (χ3n) is 6.62. The maximum absolute atomic E-state index is 13.0. The zero-order valence-corrected chi connectivity index (χ0v) is 22.1. The quantitative estimate of drug-likeness (QED) is 0.481. The van der Waals surface area contributed by atoms with Gasteiger partial charge < -0.3 is 10.2 Å². The fourth-order valence-electron chi connectivity index (χ4n) is 4.37. The van der Waals surface area contributed by atoms with E-state index in [4.69, 9.17) is 11.6 Å². The van der Waals surface area contributed by atoms with Crippen molar-refractivity contribution in [3.8, 4) is 0 Å². The predicted octanol–water partition coefficient (Wildman–Crippen LogP) is 2.56. The first-order valence-corrected chi connectivity index (χ1v) is 13.8. The van der Waals surface area contributed by atoms with Gasteiger partial charge in [-0.3, -0.25) is 24.2 Å². The van der Waals surface area contributed by atoms with Crippen LogP contribution in [0.4, 0.5) is 16.2 Å². The second-order valence-electron chi connectivity index (χ2n) is 9.14. The monoisotopic (exact) mass is 549 g/mol. The van der Waals surface area contributed by atoms with Crippen LogP contribution in [0.5, 0.6) is 0 Å². The Bertz CT molecular complexity index is 1350. The number of hydrogen-bond donors (Lipinski definition) is 3. The van der Waals surface area contributed by atoms with Crippen LogP contribution in [0.25, 0.3) is 0 Å². The molecule has 1 unspecified atom stereocenters. The lowest BCUT2D eigenvalue weighted by Crippen LogP contribution is -2.68. The number of aliphatic hydroxyl groups is 1. The minimum absolute atomic E-state index is 0.0665. The number of halogens is 1. The van der Waals surface area contributed by atoms with Crippen LogP contribution in [-0.4, -0.2) is 71.6 Å². The van der Waals surface area contributed by atoms with Gasteiger partial charge in [0.25, 0.3) is 0 Å². The molecule has 0 aliphatic carbocycles. The number of urea groups is 1. The van der Waals surface area contributed by atoms with Gasteiger partial charge in [0.05, 0.1) is 30.1 Å². The van der Waals surface area contributed by atoms with Crippen LogP contribution in [0.1, 0.15) is 25.0 Å². The summed E-state index contributed by atoms with van der Waals surface area (Å²) < 4.78 is 25.4. The molecule has 2 aromatic carbocycles. The smallest absolute Gasteiger partial charge is 0.327 e. The summed E-state index contributed by atoms with van der Waals surface area (Å²) in [5.74, 6) is -1.97. The zero-order valence-electron chi connectivity index (χ0n) is 20.5. The van der Waals surface area contributed by atoms with Crippen LogP contribution < -0.4 is 9.62 Å². The Morgan fingerprint density at radius 3 is 2.51 bits per heavy atom. The number of carboxylic acid groups (broad SMARTS) is 1. The Morgan fingerprint density at radius 2 is 1.89 bits per heavy atom. The SMILES string of the molecule is C[C@@H](C(=O)O)[C@H](C)N1C(=O)N/C(=N\c2ccc3c(c2)CCN3S(C)(=O)=O)N(Cc2ccc(Cl)cc2)C1O. The number of fused-ring (bicyclic) bond motifs is 1. The predicted molar refractivity (Wildman–Crippen MR) is 139 cm³/mol. The van der Waals surface area contributed by atoms with Gasteiger partial charge in [-0.05, 0) is 61.7 Å². The van der Waals surface area contributed by atoms with E-state index in [1.807, 2.05) is 0 Å². The molecule has 1 saturated heterocycles. The molecule has 4 rings (SSSR count). The number of hydrogen-bond acceptors (Lipinski definition) is 6. The average Bonchev–Trinajstić information content (AvgIpc) is 3.26. The molecular formula is C24H28ClN5O6S. The van der Waals surface area contributed by atoms with E-state index < -0.39 is 40.3 Å².